The Morgan fingerprint density at radius 3 is 2.59 bits per heavy atom. The molecule has 1 unspecified atom stereocenters. The van der Waals surface area contributed by atoms with Crippen LogP contribution in [0.3, 0.4) is 0 Å². The van der Waals surface area contributed by atoms with Gasteiger partial charge in [-0.25, -0.2) is 0 Å². The molecule has 0 aromatic heterocycles. The topological polar surface area (TPSA) is 59.3 Å². The SMILES string of the molecule is CCCNCC(O)CN(CCC#N)CC(C)C. The minimum absolute atomic E-state index is 0.348. The second-order valence-electron chi connectivity index (χ2n) is 4.92. The van der Waals surface area contributed by atoms with Gasteiger partial charge in [-0.2, -0.15) is 5.26 Å². The third kappa shape index (κ3) is 10.3. The summed E-state index contributed by atoms with van der Waals surface area (Å²) in [6, 6.07) is 2.16. The first-order valence-corrected chi connectivity index (χ1v) is 6.58. The molecule has 0 saturated heterocycles. The molecule has 0 radical (unpaired) electrons. The van der Waals surface area contributed by atoms with Gasteiger partial charge in [0, 0.05) is 32.6 Å². The van der Waals surface area contributed by atoms with Crippen molar-refractivity contribution < 1.29 is 5.11 Å². The molecule has 4 heteroatoms. The molecule has 0 rings (SSSR count). The smallest absolute Gasteiger partial charge is 0.0791 e. The number of rotatable bonds is 10. The molecule has 0 amide bonds. The van der Waals surface area contributed by atoms with E-state index in [0.29, 0.717) is 25.4 Å². The number of nitrogens with one attached hydrogen (secondary N) is 1. The van der Waals surface area contributed by atoms with Gasteiger partial charge >= 0.3 is 0 Å². The molecule has 17 heavy (non-hydrogen) atoms. The van der Waals surface area contributed by atoms with E-state index in [2.05, 4.69) is 37.1 Å². The van der Waals surface area contributed by atoms with Crippen molar-refractivity contribution in [3.05, 3.63) is 0 Å². The zero-order chi connectivity index (χ0) is 13.1. The summed E-state index contributed by atoms with van der Waals surface area (Å²) in [4.78, 5) is 2.17. The van der Waals surface area contributed by atoms with E-state index >= 15 is 0 Å². The van der Waals surface area contributed by atoms with E-state index in [1.54, 1.807) is 0 Å². The zero-order valence-corrected chi connectivity index (χ0v) is 11.4. The number of hydrogen-bond donors (Lipinski definition) is 2. The standard InChI is InChI=1S/C13H27N3O/c1-4-7-15-9-13(17)11-16(8-5-6-14)10-12(2)3/h12-13,15,17H,4-5,7-11H2,1-3H3. The van der Waals surface area contributed by atoms with Crippen LogP contribution in [0.25, 0.3) is 0 Å². The fourth-order valence-corrected chi connectivity index (χ4v) is 1.79. The molecule has 0 aliphatic carbocycles. The first-order chi connectivity index (χ1) is 8.10. The first kappa shape index (κ1) is 16.4. The highest BCUT2D eigenvalue weighted by Crippen LogP contribution is 2.01. The van der Waals surface area contributed by atoms with Crippen LogP contribution in [0.2, 0.25) is 0 Å². The Morgan fingerprint density at radius 1 is 1.35 bits per heavy atom. The Labute approximate surface area is 106 Å². The molecule has 0 aliphatic rings. The molecular formula is C13H27N3O. The molecular weight excluding hydrogens is 214 g/mol. The molecule has 0 aromatic rings. The molecule has 0 spiro atoms. The lowest BCUT2D eigenvalue weighted by molar-refractivity contribution is 0.106. The van der Waals surface area contributed by atoms with Crippen molar-refractivity contribution in [3.8, 4) is 6.07 Å². The maximum atomic E-state index is 9.87. The molecule has 2 N–H and O–H groups in total. The Hall–Kier alpha value is -0.630. The third-order valence-corrected chi connectivity index (χ3v) is 2.44. The highest BCUT2D eigenvalue weighted by atomic mass is 16.3. The van der Waals surface area contributed by atoms with Crippen LogP contribution < -0.4 is 5.32 Å². The van der Waals surface area contributed by atoms with Crippen LogP contribution in [0.15, 0.2) is 0 Å². The molecule has 1 atom stereocenters. The van der Waals surface area contributed by atoms with Crippen LogP contribution in [0.5, 0.6) is 0 Å². The minimum Gasteiger partial charge on any atom is -0.390 e. The van der Waals surface area contributed by atoms with Gasteiger partial charge in [0.15, 0.2) is 0 Å². The molecule has 0 aliphatic heterocycles. The van der Waals surface area contributed by atoms with Crippen LogP contribution in [0, 0.1) is 17.2 Å². The minimum atomic E-state index is -0.348. The van der Waals surface area contributed by atoms with Crippen molar-refractivity contribution >= 4 is 0 Å². The third-order valence-electron chi connectivity index (χ3n) is 2.44. The van der Waals surface area contributed by atoms with Gasteiger partial charge in [-0.05, 0) is 18.9 Å². The summed E-state index contributed by atoms with van der Waals surface area (Å²) in [5.74, 6) is 0.560. The molecule has 0 bridgehead atoms. The van der Waals surface area contributed by atoms with E-state index in [1.165, 1.54) is 0 Å². The van der Waals surface area contributed by atoms with Gasteiger partial charge in [0.2, 0.25) is 0 Å². The molecule has 0 saturated carbocycles. The first-order valence-electron chi connectivity index (χ1n) is 6.58. The van der Waals surface area contributed by atoms with E-state index in [1.807, 2.05) is 0 Å². The van der Waals surface area contributed by atoms with Crippen LogP contribution >= 0.6 is 0 Å². The normalized spacial score (nSPS) is 13.0. The Balaban J connectivity index is 3.90. The summed E-state index contributed by atoms with van der Waals surface area (Å²) < 4.78 is 0. The van der Waals surface area contributed by atoms with Crippen LogP contribution in [0.4, 0.5) is 0 Å². The quantitative estimate of drug-likeness (QED) is 0.565. The highest BCUT2D eigenvalue weighted by Gasteiger charge is 2.12. The zero-order valence-electron chi connectivity index (χ0n) is 11.4. The average molecular weight is 241 g/mol. The van der Waals surface area contributed by atoms with Gasteiger partial charge in [-0.1, -0.05) is 20.8 Å². The second-order valence-corrected chi connectivity index (χ2v) is 4.92. The van der Waals surface area contributed by atoms with Gasteiger partial charge in [-0.15, -0.1) is 0 Å². The van der Waals surface area contributed by atoms with E-state index in [-0.39, 0.29) is 6.10 Å². The predicted molar refractivity (Wildman–Crippen MR) is 70.7 cm³/mol. The summed E-state index contributed by atoms with van der Waals surface area (Å²) >= 11 is 0. The van der Waals surface area contributed by atoms with Gasteiger partial charge < -0.3 is 10.4 Å². The van der Waals surface area contributed by atoms with Crippen LogP contribution in [0.1, 0.15) is 33.6 Å². The number of aliphatic hydroxyl groups excluding tert-OH is 1. The van der Waals surface area contributed by atoms with Gasteiger partial charge in [0.05, 0.1) is 12.2 Å². The van der Waals surface area contributed by atoms with Crippen molar-refractivity contribution in [3.63, 3.8) is 0 Å². The van der Waals surface area contributed by atoms with Crippen LogP contribution in [-0.4, -0.2) is 48.8 Å². The summed E-state index contributed by atoms with van der Waals surface area (Å²) in [6.45, 7) is 10.3. The predicted octanol–water partition coefficient (Wildman–Crippen LogP) is 1.22. The Bertz CT molecular complexity index is 213. The fourth-order valence-electron chi connectivity index (χ4n) is 1.79. The van der Waals surface area contributed by atoms with Crippen molar-refractivity contribution in [2.24, 2.45) is 5.92 Å². The van der Waals surface area contributed by atoms with E-state index in [4.69, 9.17) is 5.26 Å². The maximum Gasteiger partial charge on any atom is 0.0791 e. The van der Waals surface area contributed by atoms with Crippen molar-refractivity contribution in [2.75, 3.05) is 32.7 Å². The molecule has 0 aromatic carbocycles. The number of aliphatic hydroxyl groups is 1. The number of hydrogen-bond acceptors (Lipinski definition) is 4. The van der Waals surface area contributed by atoms with Gasteiger partial charge in [0.1, 0.15) is 0 Å². The Kier molecular flexibility index (Phi) is 10.1. The lowest BCUT2D eigenvalue weighted by atomic mass is 10.2. The van der Waals surface area contributed by atoms with Crippen molar-refractivity contribution in [1.29, 1.82) is 5.26 Å². The largest absolute Gasteiger partial charge is 0.390 e. The van der Waals surface area contributed by atoms with Crippen LogP contribution in [-0.2, 0) is 0 Å². The maximum absolute atomic E-state index is 9.87. The molecule has 100 valence electrons. The summed E-state index contributed by atoms with van der Waals surface area (Å²) in [7, 11) is 0. The lowest BCUT2D eigenvalue weighted by Crippen LogP contribution is -2.40. The van der Waals surface area contributed by atoms with E-state index in [9.17, 15) is 5.11 Å². The molecule has 4 nitrogen and oxygen atoms in total. The monoisotopic (exact) mass is 241 g/mol. The van der Waals surface area contributed by atoms with Crippen molar-refractivity contribution in [2.45, 2.75) is 39.7 Å². The molecule has 0 fully saturated rings. The van der Waals surface area contributed by atoms with E-state index in [0.717, 1.165) is 26.1 Å². The molecule has 0 heterocycles. The van der Waals surface area contributed by atoms with Gasteiger partial charge in [-0.3, -0.25) is 4.90 Å². The van der Waals surface area contributed by atoms with Gasteiger partial charge in [0.25, 0.3) is 0 Å². The highest BCUT2D eigenvalue weighted by molar-refractivity contribution is 4.75. The number of nitrogens with zero attached hydrogens (tertiary/aromatic N) is 2. The van der Waals surface area contributed by atoms with Crippen molar-refractivity contribution in [1.82, 2.24) is 10.2 Å². The average Bonchev–Trinajstić information content (AvgIpc) is 2.25. The Morgan fingerprint density at radius 2 is 2.06 bits per heavy atom. The van der Waals surface area contributed by atoms with E-state index < -0.39 is 0 Å². The second kappa shape index (κ2) is 10.5. The summed E-state index contributed by atoms with van der Waals surface area (Å²) in [5.41, 5.74) is 0. The fraction of sp³-hybridized carbons (Fsp3) is 0.923. The lowest BCUT2D eigenvalue weighted by Gasteiger charge is -2.26. The summed E-state index contributed by atoms with van der Waals surface area (Å²) in [6.07, 6.45) is 1.26. The number of nitriles is 1. The summed E-state index contributed by atoms with van der Waals surface area (Å²) in [5, 5.41) is 21.7.